The van der Waals surface area contributed by atoms with E-state index in [9.17, 15) is 4.79 Å². The van der Waals surface area contributed by atoms with Crippen LogP contribution in [0.4, 0.5) is 0 Å². The number of hydrogen-bond acceptors (Lipinski definition) is 4. The number of nitrogens with one attached hydrogen (secondary N) is 2. The zero-order valence-electron chi connectivity index (χ0n) is 14.0. The Labute approximate surface area is 150 Å². The van der Waals surface area contributed by atoms with E-state index >= 15 is 0 Å². The summed E-state index contributed by atoms with van der Waals surface area (Å²) in [5.41, 5.74) is 2.62. The van der Waals surface area contributed by atoms with E-state index in [1.54, 1.807) is 0 Å². The molecule has 0 bridgehead atoms. The van der Waals surface area contributed by atoms with Gasteiger partial charge in [0.25, 0.3) is 5.91 Å². The highest BCUT2D eigenvalue weighted by Crippen LogP contribution is 2.30. The molecule has 0 unspecified atom stereocenters. The van der Waals surface area contributed by atoms with Crippen molar-refractivity contribution >= 4 is 16.7 Å². The largest absolute Gasteiger partial charge is 0.352 e. The summed E-state index contributed by atoms with van der Waals surface area (Å²) in [5, 5.41) is 18.9. The van der Waals surface area contributed by atoms with Gasteiger partial charge in [-0.3, -0.25) is 4.79 Å². The number of carbonyl (C=O) groups excluding carboxylic acids is 1. The minimum absolute atomic E-state index is 0.114. The van der Waals surface area contributed by atoms with E-state index in [0.29, 0.717) is 24.4 Å². The lowest BCUT2D eigenvalue weighted by atomic mass is 9.94. The lowest BCUT2D eigenvalue weighted by Gasteiger charge is -2.12. The summed E-state index contributed by atoms with van der Waals surface area (Å²) >= 11 is 0. The van der Waals surface area contributed by atoms with Crippen LogP contribution in [0.1, 0.15) is 16.2 Å². The predicted octanol–water partition coefficient (Wildman–Crippen LogP) is 2.99. The normalized spacial score (nSPS) is 10.8. The summed E-state index contributed by atoms with van der Waals surface area (Å²) in [6.07, 6.45) is 0.526. The van der Waals surface area contributed by atoms with Crippen LogP contribution >= 0.6 is 0 Å². The lowest BCUT2D eigenvalue weighted by Crippen LogP contribution is -2.26. The van der Waals surface area contributed by atoms with E-state index in [4.69, 9.17) is 0 Å². The quantitative estimate of drug-likeness (QED) is 0.583. The Kier molecular flexibility index (Phi) is 4.38. The molecule has 6 heteroatoms. The van der Waals surface area contributed by atoms with Gasteiger partial charge in [-0.25, -0.2) is 0 Å². The Bertz CT molecular complexity index is 1040. The van der Waals surface area contributed by atoms with Gasteiger partial charge in [-0.05, 0) is 28.0 Å². The van der Waals surface area contributed by atoms with Gasteiger partial charge in [0.15, 0.2) is 5.82 Å². The Morgan fingerprint density at radius 3 is 2.58 bits per heavy atom. The predicted molar refractivity (Wildman–Crippen MR) is 99.6 cm³/mol. The number of nitrogens with zero attached hydrogens (tertiary/aromatic N) is 3. The van der Waals surface area contributed by atoms with Gasteiger partial charge in [-0.15, -0.1) is 10.2 Å². The van der Waals surface area contributed by atoms with Gasteiger partial charge in [-0.2, -0.15) is 5.21 Å². The monoisotopic (exact) mass is 343 g/mol. The van der Waals surface area contributed by atoms with Crippen molar-refractivity contribution in [2.75, 3.05) is 6.54 Å². The summed E-state index contributed by atoms with van der Waals surface area (Å²) in [7, 11) is 0. The number of fused-ring (bicyclic) bond motifs is 1. The molecule has 0 aliphatic rings. The number of hydrogen-bond donors (Lipinski definition) is 2. The molecule has 4 rings (SSSR count). The van der Waals surface area contributed by atoms with Gasteiger partial charge in [-0.1, -0.05) is 65.9 Å². The van der Waals surface area contributed by atoms with Gasteiger partial charge in [0.2, 0.25) is 0 Å². The average molecular weight is 343 g/mol. The van der Waals surface area contributed by atoms with Crippen LogP contribution in [0.3, 0.4) is 0 Å². The minimum Gasteiger partial charge on any atom is -0.352 e. The van der Waals surface area contributed by atoms with Crippen LogP contribution in [0, 0.1) is 0 Å². The molecular formula is C20H17N5O. The van der Waals surface area contributed by atoms with Crippen LogP contribution in [0.2, 0.25) is 0 Å². The molecule has 0 fully saturated rings. The smallest absolute Gasteiger partial charge is 0.251 e. The minimum atomic E-state index is -0.114. The zero-order chi connectivity index (χ0) is 17.8. The molecule has 0 saturated carbocycles. The van der Waals surface area contributed by atoms with Crippen molar-refractivity contribution in [2.24, 2.45) is 0 Å². The van der Waals surface area contributed by atoms with Gasteiger partial charge in [0.05, 0.1) is 0 Å². The van der Waals surface area contributed by atoms with Gasteiger partial charge in [0.1, 0.15) is 0 Å². The molecule has 128 valence electrons. The summed E-state index contributed by atoms with van der Waals surface area (Å²) in [5.74, 6) is 0.463. The molecule has 0 aliphatic carbocycles. The first-order valence-corrected chi connectivity index (χ1v) is 8.40. The summed E-state index contributed by atoms with van der Waals surface area (Å²) < 4.78 is 0. The second-order valence-electron chi connectivity index (χ2n) is 5.91. The molecule has 0 saturated heterocycles. The van der Waals surface area contributed by atoms with Crippen LogP contribution in [0.5, 0.6) is 0 Å². The molecule has 6 nitrogen and oxygen atoms in total. The fourth-order valence-corrected chi connectivity index (χ4v) is 3.05. The topological polar surface area (TPSA) is 83.6 Å². The van der Waals surface area contributed by atoms with Crippen molar-refractivity contribution in [2.45, 2.75) is 6.42 Å². The summed E-state index contributed by atoms with van der Waals surface area (Å²) in [4.78, 5) is 12.7. The van der Waals surface area contributed by atoms with Gasteiger partial charge in [0, 0.05) is 18.5 Å². The second kappa shape index (κ2) is 7.14. The van der Waals surface area contributed by atoms with Crippen LogP contribution < -0.4 is 5.32 Å². The van der Waals surface area contributed by atoms with E-state index < -0.39 is 0 Å². The van der Waals surface area contributed by atoms with E-state index in [1.165, 1.54) is 0 Å². The molecule has 4 aromatic rings. The van der Waals surface area contributed by atoms with Crippen LogP contribution in [0.25, 0.3) is 21.9 Å². The van der Waals surface area contributed by atoms with E-state index in [0.717, 1.165) is 21.9 Å². The lowest BCUT2D eigenvalue weighted by molar-refractivity contribution is 0.0954. The maximum atomic E-state index is 12.7. The first-order valence-electron chi connectivity index (χ1n) is 8.40. The average Bonchev–Trinajstić information content (AvgIpc) is 3.21. The first kappa shape index (κ1) is 16.0. The number of aromatic nitrogens is 4. The van der Waals surface area contributed by atoms with E-state index in [1.807, 2.05) is 48.5 Å². The van der Waals surface area contributed by atoms with Crippen molar-refractivity contribution in [3.8, 4) is 11.1 Å². The fraction of sp³-hybridized carbons (Fsp3) is 0.100. The van der Waals surface area contributed by atoms with Crippen molar-refractivity contribution in [3.05, 3.63) is 78.1 Å². The Morgan fingerprint density at radius 1 is 0.923 bits per heavy atom. The van der Waals surface area contributed by atoms with Crippen LogP contribution in [-0.2, 0) is 6.42 Å². The maximum Gasteiger partial charge on any atom is 0.251 e. The molecule has 3 aromatic carbocycles. The Morgan fingerprint density at radius 2 is 1.69 bits per heavy atom. The van der Waals surface area contributed by atoms with Crippen LogP contribution in [-0.4, -0.2) is 33.1 Å². The third kappa shape index (κ3) is 3.17. The molecule has 0 aliphatic heterocycles. The number of rotatable bonds is 5. The highest BCUT2D eigenvalue weighted by Gasteiger charge is 2.14. The SMILES string of the molecule is O=C(NCCc1nn[nH]n1)c1ccccc1-c1cccc2ccccc12. The molecule has 0 atom stereocenters. The number of aromatic amines is 1. The summed E-state index contributed by atoms with van der Waals surface area (Å²) in [6, 6.07) is 22.0. The molecule has 0 spiro atoms. The molecule has 1 aromatic heterocycles. The number of amides is 1. The second-order valence-corrected chi connectivity index (χ2v) is 5.91. The Balaban J connectivity index is 1.63. The van der Waals surface area contributed by atoms with E-state index in [-0.39, 0.29) is 5.91 Å². The third-order valence-electron chi connectivity index (χ3n) is 4.27. The third-order valence-corrected chi connectivity index (χ3v) is 4.27. The number of tetrazole rings is 1. The van der Waals surface area contributed by atoms with Gasteiger partial charge < -0.3 is 5.32 Å². The van der Waals surface area contributed by atoms with Crippen molar-refractivity contribution in [1.29, 1.82) is 0 Å². The Hall–Kier alpha value is -3.54. The molecule has 26 heavy (non-hydrogen) atoms. The summed E-state index contributed by atoms with van der Waals surface area (Å²) in [6.45, 7) is 0.447. The molecular weight excluding hydrogens is 326 g/mol. The number of carbonyl (C=O) groups is 1. The molecule has 1 heterocycles. The molecule has 1 amide bonds. The molecule has 2 N–H and O–H groups in total. The van der Waals surface area contributed by atoms with E-state index in [2.05, 4.69) is 44.1 Å². The van der Waals surface area contributed by atoms with Crippen molar-refractivity contribution in [3.63, 3.8) is 0 Å². The molecule has 0 radical (unpaired) electrons. The highest BCUT2D eigenvalue weighted by atomic mass is 16.1. The fourth-order valence-electron chi connectivity index (χ4n) is 3.05. The van der Waals surface area contributed by atoms with Crippen molar-refractivity contribution < 1.29 is 4.79 Å². The van der Waals surface area contributed by atoms with Gasteiger partial charge >= 0.3 is 0 Å². The number of benzene rings is 3. The first-order chi connectivity index (χ1) is 12.8. The number of H-pyrrole nitrogens is 1. The maximum absolute atomic E-state index is 12.7. The zero-order valence-corrected chi connectivity index (χ0v) is 14.0. The standard InChI is InChI=1S/C20H17N5O/c26-20(21-13-12-19-22-24-25-23-19)18-10-4-3-9-17(18)16-11-5-7-14-6-1-2-8-15(14)16/h1-11H,12-13H2,(H,21,26)(H,22,23,24,25). The van der Waals surface area contributed by atoms with Crippen LogP contribution in [0.15, 0.2) is 66.7 Å². The van der Waals surface area contributed by atoms with Crippen molar-refractivity contribution in [1.82, 2.24) is 25.9 Å². The highest BCUT2D eigenvalue weighted by molar-refractivity contribution is 6.05.